The molecular formula is C19H20ClFN4O. The Balaban J connectivity index is 1.63. The SMILES string of the molecule is Cc1cc(CNC(=O)c2ccc(F)c(CNC3=NCCN3)c2)ccc1Cl. The van der Waals surface area contributed by atoms with Crippen LogP contribution in [0.3, 0.4) is 0 Å². The summed E-state index contributed by atoms with van der Waals surface area (Å²) in [5, 5.41) is 9.62. The molecular weight excluding hydrogens is 355 g/mol. The van der Waals surface area contributed by atoms with Gasteiger partial charge >= 0.3 is 0 Å². The maximum Gasteiger partial charge on any atom is 0.251 e. The molecule has 0 aliphatic carbocycles. The van der Waals surface area contributed by atoms with Crippen LogP contribution in [0.5, 0.6) is 0 Å². The predicted octanol–water partition coefficient (Wildman–Crippen LogP) is 2.77. The van der Waals surface area contributed by atoms with Crippen molar-refractivity contribution < 1.29 is 9.18 Å². The van der Waals surface area contributed by atoms with E-state index in [-0.39, 0.29) is 18.3 Å². The molecule has 136 valence electrons. The van der Waals surface area contributed by atoms with Crippen LogP contribution < -0.4 is 16.0 Å². The first-order chi connectivity index (χ1) is 12.5. The molecule has 0 spiro atoms. The summed E-state index contributed by atoms with van der Waals surface area (Å²) in [5.74, 6) is 0.0357. The van der Waals surface area contributed by atoms with E-state index in [4.69, 9.17) is 11.6 Å². The minimum absolute atomic E-state index is 0.254. The number of aryl methyl sites for hydroxylation is 1. The van der Waals surface area contributed by atoms with Crippen LogP contribution in [0.2, 0.25) is 5.02 Å². The quantitative estimate of drug-likeness (QED) is 0.754. The number of aliphatic imine (C=N–C) groups is 1. The van der Waals surface area contributed by atoms with Gasteiger partial charge in [0.15, 0.2) is 5.96 Å². The van der Waals surface area contributed by atoms with Gasteiger partial charge in [0.05, 0.1) is 6.54 Å². The third kappa shape index (κ3) is 4.52. The van der Waals surface area contributed by atoms with Gasteiger partial charge in [0.1, 0.15) is 5.82 Å². The molecule has 5 nitrogen and oxygen atoms in total. The average molecular weight is 375 g/mol. The molecule has 0 aromatic heterocycles. The molecule has 1 aliphatic heterocycles. The first-order valence-corrected chi connectivity index (χ1v) is 8.74. The summed E-state index contributed by atoms with van der Waals surface area (Å²) in [4.78, 5) is 16.6. The molecule has 7 heteroatoms. The van der Waals surface area contributed by atoms with Crippen molar-refractivity contribution in [1.29, 1.82) is 0 Å². The zero-order valence-corrected chi connectivity index (χ0v) is 15.2. The molecule has 2 aromatic carbocycles. The van der Waals surface area contributed by atoms with Crippen LogP contribution in [-0.2, 0) is 13.1 Å². The summed E-state index contributed by atoms with van der Waals surface area (Å²) in [6.45, 7) is 4.03. The first-order valence-electron chi connectivity index (χ1n) is 8.37. The van der Waals surface area contributed by atoms with Gasteiger partial charge in [-0.25, -0.2) is 4.39 Å². The van der Waals surface area contributed by atoms with E-state index in [2.05, 4.69) is 20.9 Å². The van der Waals surface area contributed by atoms with Gasteiger partial charge in [0, 0.05) is 35.8 Å². The van der Waals surface area contributed by atoms with Crippen LogP contribution in [0.1, 0.15) is 27.0 Å². The highest BCUT2D eigenvalue weighted by molar-refractivity contribution is 6.31. The normalized spacial score (nSPS) is 13.1. The Kier molecular flexibility index (Phi) is 5.73. The highest BCUT2D eigenvalue weighted by atomic mass is 35.5. The molecule has 1 heterocycles. The lowest BCUT2D eigenvalue weighted by Crippen LogP contribution is -2.33. The van der Waals surface area contributed by atoms with Crippen molar-refractivity contribution in [3.05, 3.63) is 69.5 Å². The molecule has 0 fully saturated rings. The van der Waals surface area contributed by atoms with Crippen LogP contribution in [0, 0.1) is 12.7 Å². The maximum absolute atomic E-state index is 14.0. The summed E-state index contributed by atoms with van der Waals surface area (Å²) in [6, 6.07) is 9.94. The third-order valence-electron chi connectivity index (χ3n) is 4.10. The van der Waals surface area contributed by atoms with Gasteiger partial charge in [0.25, 0.3) is 5.91 Å². The molecule has 0 bridgehead atoms. The van der Waals surface area contributed by atoms with Gasteiger partial charge in [-0.05, 0) is 42.3 Å². The minimum atomic E-state index is -0.360. The summed E-state index contributed by atoms with van der Waals surface area (Å²) in [6.07, 6.45) is 0. The van der Waals surface area contributed by atoms with Crippen molar-refractivity contribution in [3.8, 4) is 0 Å². The standard InChI is InChI=1S/C19H20ClFN4O/c1-12-8-13(2-4-16(12)20)10-24-18(26)14-3-5-17(21)15(9-14)11-25-19-22-6-7-23-19/h2-5,8-9H,6-7,10-11H2,1H3,(H,24,26)(H2,22,23,25). The predicted molar refractivity (Wildman–Crippen MR) is 101 cm³/mol. The number of rotatable bonds is 5. The zero-order valence-electron chi connectivity index (χ0n) is 14.4. The van der Waals surface area contributed by atoms with E-state index in [1.54, 1.807) is 12.1 Å². The maximum atomic E-state index is 14.0. The number of hydrogen-bond donors (Lipinski definition) is 3. The Morgan fingerprint density at radius 2 is 2.12 bits per heavy atom. The van der Waals surface area contributed by atoms with E-state index in [0.29, 0.717) is 35.2 Å². The fourth-order valence-corrected chi connectivity index (χ4v) is 2.77. The summed E-state index contributed by atoms with van der Waals surface area (Å²) < 4.78 is 14.0. The molecule has 3 N–H and O–H groups in total. The van der Waals surface area contributed by atoms with E-state index in [0.717, 1.165) is 17.7 Å². The fraction of sp³-hybridized carbons (Fsp3) is 0.263. The molecule has 0 saturated heterocycles. The van der Waals surface area contributed by atoms with Crippen LogP contribution in [-0.4, -0.2) is 25.0 Å². The van der Waals surface area contributed by atoms with Crippen LogP contribution in [0.15, 0.2) is 41.4 Å². The number of nitrogens with one attached hydrogen (secondary N) is 3. The molecule has 3 rings (SSSR count). The number of benzene rings is 2. The number of amides is 1. The smallest absolute Gasteiger partial charge is 0.251 e. The topological polar surface area (TPSA) is 65.5 Å². The summed E-state index contributed by atoms with van der Waals surface area (Å²) >= 11 is 6.01. The monoisotopic (exact) mass is 374 g/mol. The van der Waals surface area contributed by atoms with Gasteiger partial charge < -0.3 is 16.0 Å². The Labute approximate surface area is 156 Å². The molecule has 1 aliphatic rings. The number of hydrogen-bond acceptors (Lipinski definition) is 4. The number of nitrogens with zero attached hydrogens (tertiary/aromatic N) is 1. The van der Waals surface area contributed by atoms with Crippen molar-refractivity contribution in [3.63, 3.8) is 0 Å². The molecule has 0 saturated carbocycles. The molecule has 0 radical (unpaired) electrons. The van der Waals surface area contributed by atoms with E-state index in [1.165, 1.54) is 12.1 Å². The van der Waals surface area contributed by atoms with Crippen molar-refractivity contribution >= 4 is 23.5 Å². The highest BCUT2D eigenvalue weighted by Crippen LogP contribution is 2.16. The van der Waals surface area contributed by atoms with Crippen molar-refractivity contribution in [2.75, 3.05) is 13.1 Å². The Morgan fingerprint density at radius 3 is 2.85 bits per heavy atom. The Morgan fingerprint density at radius 1 is 1.27 bits per heavy atom. The van der Waals surface area contributed by atoms with E-state index in [1.807, 2.05) is 19.1 Å². The van der Waals surface area contributed by atoms with Crippen molar-refractivity contribution in [2.24, 2.45) is 4.99 Å². The van der Waals surface area contributed by atoms with Crippen LogP contribution >= 0.6 is 11.6 Å². The Bertz CT molecular complexity index is 853. The van der Waals surface area contributed by atoms with E-state index >= 15 is 0 Å². The Hall–Kier alpha value is -2.60. The molecule has 0 unspecified atom stereocenters. The van der Waals surface area contributed by atoms with Gasteiger partial charge in [-0.2, -0.15) is 0 Å². The fourth-order valence-electron chi connectivity index (χ4n) is 2.65. The zero-order chi connectivity index (χ0) is 18.5. The van der Waals surface area contributed by atoms with Gasteiger partial charge in [-0.3, -0.25) is 9.79 Å². The summed E-state index contributed by atoms with van der Waals surface area (Å²) in [5.41, 5.74) is 2.73. The molecule has 2 aromatic rings. The minimum Gasteiger partial charge on any atom is -0.355 e. The van der Waals surface area contributed by atoms with Gasteiger partial charge in [-0.15, -0.1) is 0 Å². The highest BCUT2D eigenvalue weighted by Gasteiger charge is 2.11. The molecule has 0 atom stereocenters. The van der Waals surface area contributed by atoms with E-state index in [9.17, 15) is 9.18 Å². The lowest BCUT2D eigenvalue weighted by atomic mass is 10.1. The van der Waals surface area contributed by atoms with Crippen LogP contribution in [0.4, 0.5) is 4.39 Å². The van der Waals surface area contributed by atoms with Crippen LogP contribution in [0.25, 0.3) is 0 Å². The number of carbonyl (C=O) groups is 1. The number of guanidine groups is 1. The molecule has 1 amide bonds. The average Bonchev–Trinajstić information content (AvgIpc) is 3.15. The first kappa shape index (κ1) is 18.2. The van der Waals surface area contributed by atoms with Crippen molar-refractivity contribution in [1.82, 2.24) is 16.0 Å². The molecule has 26 heavy (non-hydrogen) atoms. The number of carbonyl (C=O) groups excluding carboxylic acids is 1. The third-order valence-corrected chi connectivity index (χ3v) is 4.53. The van der Waals surface area contributed by atoms with E-state index < -0.39 is 0 Å². The lowest BCUT2D eigenvalue weighted by Gasteiger charge is -2.10. The largest absolute Gasteiger partial charge is 0.355 e. The second-order valence-corrected chi connectivity index (χ2v) is 6.49. The second-order valence-electron chi connectivity index (χ2n) is 6.08. The second kappa shape index (κ2) is 8.19. The van der Waals surface area contributed by atoms with Gasteiger partial charge in [-0.1, -0.05) is 23.7 Å². The van der Waals surface area contributed by atoms with Gasteiger partial charge in [0.2, 0.25) is 0 Å². The summed E-state index contributed by atoms with van der Waals surface area (Å²) in [7, 11) is 0. The van der Waals surface area contributed by atoms with Crippen molar-refractivity contribution in [2.45, 2.75) is 20.0 Å². The number of halogens is 2. The lowest BCUT2D eigenvalue weighted by molar-refractivity contribution is 0.0950.